The van der Waals surface area contributed by atoms with Gasteiger partial charge in [-0.1, -0.05) is 5.16 Å². The van der Waals surface area contributed by atoms with E-state index in [0.717, 1.165) is 0 Å². The quantitative estimate of drug-likeness (QED) is 0.366. The Morgan fingerprint density at radius 3 is 2.97 bits per heavy atom. The molecule has 5 rings (SSSR count). The Morgan fingerprint density at radius 2 is 2.17 bits per heavy atom. The first-order valence-electron chi connectivity index (χ1n) is 10.8. The first-order chi connectivity index (χ1) is 17.3. The number of nitrogen functional groups attached to an aromatic ring is 1. The van der Waals surface area contributed by atoms with Gasteiger partial charge in [-0.05, 0) is 25.1 Å². The van der Waals surface area contributed by atoms with E-state index >= 15 is 0 Å². The minimum absolute atomic E-state index is 0.0660. The molecule has 1 aliphatic heterocycles. The fourth-order valence-electron chi connectivity index (χ4n) is 3.92. The molecule has 4 N–H and O–H groups in total. The van der Waals surface area contributed by atoms with E-state index in [-0.39, 0.29) is 24.7 Å². The van der Waals surface area contributed by atoms with Gasteiger partial charge in [-0.3, -0.25) is 14.5 Å². The highest BCUT2D eigenvalue weighted by Gasteiger charge is 2.51. The number of rotatable bonds is 5. The molecule has 1 aromatic carbocycles. The molecule has 13 heteroatoms. The monoisotopic (exact) mass is 488 g/mol. The van der Waals surface area contributed by atoms with Crippen LogP contribution in [0.5, 0.6) is 0 Å². The molecule has 4 aromatic rings. The highest BCUT2D eigenvalue weighted by atomic mass is 16.5. The van der Waals surface area contributed by atoms with Crippen molar-refractivity contribution >= 4 is 40.1 Å². The third kappa shape index (κ3) is 3.90. The van der Waals surface area contributed by atoms with E-state index < -0.39 is 23.5 Å². The van der Waals surface area contributed by atoms with E-state index in [2.05, 4.69) is 20.6 Å². The molecule has 0 radical (unpaired) electrons. The van der Waals surface area contributed by atoms with Crippen molar-refractivity contribution in [2.45, 2.75) is 18.6 Å². The van der Waals surface area contributed by atoms with Crippen LogP contribution in [-0.4, -0.2) is 61.7 Å². The van der Waals surface area contributed by atoms with Crippen molar-refractivity contribution in [2.75, 3.05) is 29.1 Å². The Labute approximate surface area is 203 Å². The van der Waals surface area contributed by atoms with Gasteiger partial charge in [-0.25, -0.2) is 9.67 Å². The van der Waals surface area contributed by atoms with Crippen molar-refractivity contribution in [1.82, 2.24) is 19.9 Å². The van der Waals surface area contributed by atoms with Crippen LogP contribution in [0.15, 0.2) is 53.3 Å². The summed E-state index contributed by atoms with van der Waals surface area (Å²) >= 11 is 0. The van der Waals surface area contributed by atoms with Gasteiger partial charge in [-0.15, -0.1) is 5.10 Å². The number of hydrogen-bond acceptors (Lipinski definition) is 10. The zero-order valence-corrected chi connectivity index (χ0v) is 19.0. The second-order valence-corrected chi connectivity index (χ2v) is 8.21. The molecule has 4 heterocycles. The average molecular weight is 488 g/mol. The number of fused-ring (bicyclic) bond motifs is 1. The number of ether oxygens (including phenoxy) is 1. The van der Waals surface area contributed by atoms with Gasteiger partial charge in [0.2, 0.25) is 0 Å². The third-order valence-electron chi connectivity index (χ3n) is 5.90. The number of nitrogens with two attached hydrogens (primary N) is 1. The maximum Gasteiger partial charge on any atom is 0.263 e. The first-order valence-corrected chi connectivity index (χ1v) is 10.8. The van der Waals surface area contributed by atoms with Gasteiger partial charge in [0.15, 0.2) is 28.9 Å². The highest BCUT2D eigenvalue weighted by molar-refractivity contribution is 6.06. The molecule has 3 aromatic heterocycles. The Balaban J connectivity index is 1.34. The number of carbonyl (C=O) groups is 2. The van der Waals surface area contributed by atoms with Crippen LogP contribution >= 0.6 is 0 Å². The third-order valence-corrected chi connectivity index (χ3v) is 5.90. The first kappa shape index (κ1) is 23.0. The van der Waals surface area contributed by atoms with Crippen LogP contribution in [-0.2, 0) is 14.3 Å². The molecule has 1 fully saturated rings. The van der Waals surface area contributed by atoms with Crippen molar-refractivity contribution in [3.05, 3.63) is 54.5 Å². The van der Waals surface area contributed by atoms with E-state index in [4.69, 9.17) is 20.3 Å². The summed E-state index contributed by atoms with van der Waals surface area (Å²) in [5, 5.41) is 31.1. The molecule has 0 aliphatic carbocycles. The van der Waals surface area contributed by atoms with Crippen LogP contribution in [0, 0.1) is 11.3 Å². The van der Waals surface area contributed by atoms with Crippen molar-refractivity contribution < 1.29 is 24.0 Å². The molecule has 13 nitrogen and oxygen atoms in total. The number of carbonyl (C=O) groups excluding carboxylic acids is 2. The smallest absolute Gasteiger partial charge is 0.263 e. The lowest BCUT2D eigenvalue weighted by molar-refractivity contribution is -0.170. The number of nitrogens with zero attached hydrogens (tertiary/aromatic N) is 6. The van der Waals surface area contributed by atoms with Gasteiger partial charge < -0.3 is 25.4 Å². The molecule has 0 saturated carbocycles. The van der Waals surface area contributed by atoms with E-state index in [1.165, 1.54) is 28.8 Å². The maximum absolute atomic E-state index is 13.4. The van der Waals surface area contributed by atoms with Gasteiger partial charge in [0.25, 0.3) is 11.8 Å². The largest absolute Gasteiger partial charge is 0.380 e. The molecule has 1 saturated heterocycles. The van der Waals surface area contributed by atoms with Gasteiger partial charge in [0.1, 0.15) is 11.8 Å². The van der Waals surface area contributed by atoms with E-state index in [0.29, 0.717) is 28.2 Å². The van der Waals surface area contributed by atoms with Gasteiger partial charge in [0, 0.05) is 36.3 Å². The van der Waals surface area contributed by atoms with Gasteiger partial charge in [0.05, 0.1) is 24.2 Å². The maximum atomic E-state index is 13.4. The second kappa shape index (κ2) is 8.77. The fourth-order valence-corrected chi connectivity index (χ4v) is 3.92. The number of nitrogens with one attached hydrogen (secondary N) is 1. The van der Waals surface area contributed by atoms with Gasteiger partial charge in [-0.2, -0.15) is 5.26 Å². The minimum atomic E-state index is -1.86. The summed E-state index contributed by atoms with van der Waals surface area (Å²) in [6.07, 6.45) is 1.28. The Hall–Kier alpha value is -4.80. The van der Waals surface area contributed by atoms with Gasteiger partial charge >= 0.3 is 0 Å². The number of anilines is 3. The number of amides is 2. The van der Waals surface area contributed by atoms with E-state index in [9.17, 15) is 14.7 Å². The molecule has 2 atom stereocenters. The summed E-state index contributed by atoms with van der Waals surface area (Å²) in [6, 6.07) is 11.5. The number of nitriles is 1. The van der Waals surface area contributed by atoms with Crippen molar-refractivity contribution in [3.63, 3.8) is 0 Å². The SMILES string of the molecule is C[C@]1([C@@H](O)C(=O)Nc2ccc3c(N)noc3c2)OCCN(c2ccn(-c3ccnc(C#N)c3)n2)C1=O. The highest BCUT2D eigenvalue weighted by Crippen LogP contribution is 2.29. The van der Waals surface area contributed by atoms with Crippen LogP contribution < -0.4 is 16.0 Å². The van der Waals surface area contributed by atoms with Crippen LogP contribution in [0.3, 0.4) is 0 Å². The van der Waals surface area contributed by atoms with E-state index in [1.54, 1.807) is 36.5 Å². The van der Waals surface area contributed by atoms with Crippen LogP contribution in [0.1, 0.15) is 12.6 Å². The Morgan fingerprint density at radius 1 is 1.33 bits per heavy atom. The number of morpholine rings is 1. The predicted octanol–water partition coefficient (Wildman–Crippen LogP) is 0.984. The lowest BCUT2D eigenvalue weighted by Gasteiger charge is -2.40. The number of benzene rings is 1. The molecule has 0 unspecified atom stereocenters. The van der Waals surface area contributed by atoms with Crippen molar-refractivity contribution in [1.29, 1.82) is 5.26 Å². The van der Waals surface area contributed by atoms with Crippen LogP contribution in [0.2, 0.25) is 0 Å². The predicted molar refractivity (Wildman–Crippen MR) is 126 cm³/mol. The van der Waals surface area contributed by atoms with Crippen LogP contribution in [0.25, 0.3) is 16.7 Å². The zero-order chi connectivity index (χ0) is 25.4. The fraction of sp³-hybridized carbons (Fsp3) is 0.217. The van der Waals surface area contributed by atoms with Crippen molar-refractivity contribution in [2.24, 2.45) is 0 Å². The number of aromatic nitrogens is 4. The Bertz CT molecular complexity index is 1520. The zero-order valence-electron chi connectivity index (χ0n) is 19.0. The average Bonchev–Trinajstić information content (AvgIpc) is 3.52. The molecule has 36 heavy (non-hydrogen) atoms. The van der Waals surface area contributed by atoms with Crippen LogP contribution in [0.4, 0.5) is 17.3 Å². The van der Waals surface area contributed by atoms with E-state index in [1.807, 2.05) is 6.07 Å². The summed E-state index contributed by atoms with van der Waals surface area (Å²) in [7, 11) is 0. The molecular weight excluding hydrogens is 468 g/mol. The summed E-state index contributed by atoms with van der Waals surface area (Å²) in [5.41, 5.74) is 5.32. The number of aliphatic hydroxyl groups is 1. The lowest BCUT2D eigenvalue weighted by atomic mass is 9.94. The molecule has 0 bridgehead atoms. The number of aliphatic hydroxyl groups excluding tert-OH is 1. The summed E-state index contributed by atoms with van der Waals surface area (Å²) in [5.74, 6) is -0.960. The molecular formula is C23H20N8O5. The topological polar surface area (TPSA) is 185 Å². The number of pyridine rings is 1. The second-order valence-electron chi connectivity index (χ2n) is 8.21. The minimum Gasteiger partial charge on any atom is -0.380 e. The molecule has 182 valence electrons. The summed E-state index contributed by atoms with van der Waals surface area (Å²) < 4.78 is 12.2. The Kier molecular flexibility index (Phi) is 5.59. The normalized spacial score (nSPS) is 18.7. The molecule has 1 aliphatic rings. The standard InChI is InChI=1S/C23H20N8O5/c1-23(19(32)21(33)27-13-2-3-16-17(11-13)36-29-20(16)25)22(34)30(8-9-35-23)18-5-7-31(28-18)15-4-6-26-14(10-15)12-24/h2-7,10-11,19,32H,8-9H2,1H3,(H2,25,29)(H,27,33)/t19-,23+/m0/s1. The van der Waals surface area contributed by atoms with Crippen molar-refractivity contribution in [3.8, 4) is 11.8 Å². The summed E-state index contributed by atoms with van der Waals surface area (Å²) in [6.45, 7) is 1.59. The molecule has 0 spiro atoms. The summed E-state index contributed by atoms with van der Waals surface area (Å²) in [4.78, 5) is 31.5. The number of hydrogen-bond donors (Lipinski definition) is 3. The lowest BCUT2D eigenvalue weighted by Crippen LogP contribution is -2.63. The molecule has 2 amide bonds.